The number of ether oxygens (including phenoxy) is 1. The van der Waals surface area contributed by atoms with Crippen LogP contribution in [0.1, 0.15) is 5.56 Å². The summed E-state index contributed by atoms with van der Waals surface area (Å²) in [5, 5.41) is 2.75. The van der Waals surface area contributed by atoms with E-state index in [2.05, 4.69) is 10.3 Å². The zero-order valence-electron chi connectivity index (χ0n) is 15.0. The summed E-state index contributed by atoms with van der Waals surface area (Å²) in [5.74, 6) is -0.00872. The Balaban J connectivity index is 1.69. The van der Waals surface area contributed by atoms with E-state index in [1.165, 1.54) is 6.07 Å². The number of halogens is 4. The fourth-order valence-corrected chi connectivity index (χ4v) is 3.46. The average molecular weight is 442 g/mol. The minimum Gasteiger partial charge on any atom is -0.497 e. The molecule has 2 aromatic carbocycles. The van der Waals surface area contributed by atoms with E-state index in [1.807, 2.05) is 12.1 Å². The van der Waals surface area contributed by atoms with Gasteiger partial charge in [-0.25, -0.2) is 4.98 Å². The lowest BCUT2D eigenvalue weighted by atomic mass is 10.1. The number of thioether (sulfide) groups is 1. The number of methoxy groups -OCH3 is 1. The summed E-state index contributed by atoms with van der Waals surface area (Å²) in [6.07, 6.45) is -1.33. The van der Waals surface area contributed by atoms with Crippen LogP contribution in [0.4, 0.5) is 18.9 Å². The minimum atomic E-state index is -4.63. The summed E-state index contributed by atoms with van der Waals surface area (Å²) in [6.45, 7) is 0. The molecule has 0 fully saturated rings. The molecule has 0 unspecified atom stereocenters. The number of aromatic nitrogens is 2. The van der Waals surface area contributed by atoms with Crippen molar-refractivity contribution >= 4 is 35.0 Å². The summed E-state index contributed by atoms with van der Waals surface area (Å²) >= 11 is 6.75. The first-order chi connectivity index (χ1) is 13.8. The second-order valence-corrected chi connectivity index (χ2v) is 7.18. The highest BCUT2D eigenvalue weighted by Crippen LogP contribution is 2.36. The molecule has 0 bridgehead atoms. The third-order valence-electron chi connectivity index (χ3n) is 3.85. The van der Waals surface area contributed by atoms with E-state index in [-0.39, 0.29) is 16.5 Å². The van der Waals surface area contributed by atoms with Crippen molar-refractivity contribution in [2.45, 2.75) is 11.3 Å². The normalized spacial score (nSPS) is 11.3. The van der Waals surface area contributed by atoms with Gasteiger partial charge in [-0.3, -0.25) is 9.36 Å². The molecule has 1 heterocycles. The topological polar surface area (TPSA) is 56.2 Å². The zero-order valence-corrected chi connectivity index (χ0v) is 16.6. The van der Waals surface area contributed by atoms with E-state index < -0.39 is 17.6 Å². The number of hydrogen-bond donors (Lipinski definition) is 1. The number of carbonyl (C=O) groups excluding carboxylic acids is 1. The molecule has 1 amide bonds. The Labute approximate surface area is 173 Å². The largest absolute Gasteiger partial charge is 0.497 e. The van der Waals surface area contributed by atoms with E-state index >= 15 is 0 Å². The van der Waals surface area contributed by atoms with Gasteiger partial charge >= 0.3 is 6.18 Å². The summed E-state index contributed by atoms with van der Waals surface area (Å²) in [5.41, 5.74) is -0.530. The van der Waals surface area contributed by atoms with Gasteiger partial charge in [0.15, 0.2) is 5.16 Å². The van der Waals surface area contributed by atoms with Gasteiger partial charge in [-0.1, -0.05) is 23.4 Å². The van der Waals surface area contributed by atoms with Crippen molar-refractivity contribution in [3.8, 4) is 11.4 Å². The average Bonchev–Trinajstić information content (AvgIpc) is 3.15. The van der Waals surface area contributed by atoms with Crippen LogP contribution in [0.3, 0.4) is 0 Å². The van der Waals surface area contributed by atoms with E-state index in [0.717, 1.165) is 29.6 Å². The van der Waals surface area contributed by atoms with Crippen molar-refractivity contribution < 1.29 is 22.7 Å². The smallest absolute Gasteiger partial charge is 0.418 e. The fourth-order valence-electron chi connectivity index (χ4n) is 2.51. The molecule has 0 aliphatic rings. The molecule has 5 nitrogen and oxygen atoms in total. The van der Waals surface area contributed by atoms with Gasteiger partial charge in [-0.15, -0.1) is 0 Å². The summed E-state index contributed by atoms with van der Waals surface area (Å²) in [7, 11) is 1.57. The van der Waals surface area contributed by atoms with Crippen molar-refractivity contribution in [1.29, 1.82) is 0 Å². The second kappa shape index (κ2) is 8.79. The number of amides is 1. The number of benzene rings is 2. The molecule has 3 aromatic rings. The maximum atomic E-state index is 13.1. The predicted molar refractivity (Wildman–Crippen MR) is 106 cm³/mol. The van der Waals surface area contributed by atoms with Gasteiger partial charge in [-0.2, -0.15) is 13.2 Å². The number of anilines is 1. The number of hydrogen-bond acceptors (Lipinski definition) is 4. The van der Waals surface area contributed by atoms with Crippen LogP contribution in [-0.2, 0) is 11.0 Å². The zero-order chi connectivity index (χ0) is 21.0. The van der Waals surface area contributed by atoms with Gasteiger partial charge < -0.3 is 10.1 Å². The number of imidazole rings is 1. The Kier molecular flexibility index (Phi) is 6.39. The second-order valence-electron chi connectivity index (χ2n) is 5.80. The van der Waals surface area contributed by atoms with Gasteiger partial charge in [0, 0.05) is 23.1 Å². The first-order valence-electron chi connectivity index (χ1n) is 8.25. The van der Waals surface area contributed by atoms with Crippen molar-refractivity contribution in [2.24, 2.45) is 0 Å². The molecule has 0 saturated heterocycles. The molecule has 3 rings (SSSR count). The number of alkyl halides is 3. The molecule has 29 heavy (non-hydrogen) atoms. The van der Waals surface area contributed by atoms with Crippen LogP contribution in [0.5, 0.6) is 5.75 Å². The van der Waals surface area contributed by atoms with Gasteiger partial charge in [0.1, 0.15) is 5.75 Å². The van der Waals surface area contributed by atoms with Crippen LogP contribution >= 0.6 is 23.4 Å². The summed E-state index contributed by atoms with van der Waals surface area (Å²) in [4.78, 5) is 16.4. The third kappa shape index (κ3) is 5.24. The first-order valence-corrected chi connectivity index (χ1v) is 9.61. The molecule has 0 aliphatic carbocycles. The highest BCUT2D eigenvalue weighted by molar-refractivity contribution is 7.99. The summed E-state index contributed by atoms with van der Waals surface area (Å²) < 4.78 is 46.3. The number of nitrogens with zero attached hydrogens (tertiary/aromatic N) is 2. The number of carbonyl (C=O) groups is 1. The van der Waals surface area contributed by atoms with Gasteiger partial charge in [0.05, 0.1) is 24.1 Å². The SMILES string of the molecule is COc1ccc(-n2ccnc2SCC(=O)Nc2ccc(Cl)cc2C(F)(F)F)cc1. The lowest BCUT2D eigenvalue weighted by Crippen LogP contribution is -2.18. The van der Waals surface area contributed by atoms with Crippen molar-refractivity contribution in [3.05, 3.63) is 65.4 Å². The van der Waals surface area contributed by atoms with Crippen LogP contribution in [0, 0.1) is 0 Å². The maximum Gasteiger partial charge on any atom is 0.418 e. The number of rotatable bonds is 6. The molecule has 0 atom stereocenters. The summed E-state index contributed by atoms with van der Waals surface area (Å²) in [6, 6.07) is 10.4. The fraction of sp³-hybridized carbons (Fsp3) is 0.158. The lowest BCUT2D eigenvalue weighted by Gasteiger charge is -2.14. The van der Waals surface area contributed by atoms with E-state index in [4.69, 9.17) is 16.3 Å². The maximum absolute atomic E-state index is 13.1. The van der Waals surface area contributed by atoms with E-state index in [9.17, 15) is 18.0 Å². The Morgan fingerprint density at radius 2 is 1.97 bits per heavy atom. The van der Waals surface area contributed by atoms with E-state index in [0.29, 0.717) is 10.9 Å². The highest BCUT2D eigenvalue weighted by Gasteiger charge is 2.34. The number of nitrogens with one attached hydrogen (secondary N) is 1. The van der Waals surface area contributed by atoms with Crippen molar-refractivity contribution in [1.82, 2.24) is 9.55 Å². The molecule has 152 valence electrons. The molecule has 1 aromatic heterocycles. The van der Waals surface area contributed by atoms with Gasteiger partial charge in [0.2, 0.25) is 5.91 Å². The van der Waals surface area contributed by atoms with Crippen LogP contribution in [0.15, 0.2) is 60.0 Å². The molecule has 0 radical (unpaired) electrons. The van der Waals surface area contributed by atoms with Gasteiger partial charge in [-0.05, 0) is 42.5 Å². The quantitative estimate of drug-likeness (QED) is 0.528. The molecule has 0 saturated carbocycles. The van der Waals surface area contributed by atoms with Crippen LogP contribution < -0.4 is 10.1 Å². The van der Waals surface area contributed by atoms with Gasteiger partial charge in [0.25, 0.3) is 0 Å². The highest BCUT2D eigenvalue weighted by atomic mass is 35.5. The Bertz CT molecular complexity index is 1010. The van der Waals surface area contributed by atoms with Crippen LogP contribution in [0.2, 0.25) is 5.02 Å². The Morgan fingerprint density at radius 3 is 2.62 bits per heavy atom. The molecular formula is C19H15ClF3N3O2S. The lowest BCUT2D eigenvalue weighted by molar-refractivity contribution is -0.137. The van der Waals surface area contributed by atoms with Crippen LogP contribution in [-0.4, -0.2) is 28.3 Å². The van der Waals surface area contributed by atoms with E-state index in [1.54, 1.807) is 36.2 Å². The van der Waals surface area contributed by atoms with Crippen molar-refractivity contribution in [2.75, 3.05) is 18.2 Å². The molecule has 1 N–H and O–H groups in total. The Hall–Kier alpha value is -2.65. The molecular weight excluding hydrogens is 427 g/mol. The monoisotopic (exact) mass is 441 g/mol. The van der Waals surface area contributed by atoms with Crippen molar-refractivity contribution in [3.63, 3.8) is 0 Å². The third-order valence-corrected chi connectivity index (χ3v) is 5.05. The molecule has 10 heteroatoms. The first kappa shape index (κ1) is 21.1. The molecule has 0 aliphatic heterocycles. The Morgan fingerprint density at radius 1 is 1.24 bits per heavy atom. The standard InChI is InChI=1S/C19H15ClF3N3O2S/c1-28-14-5-3-13(4-6-14)26-9-8-24-18(26)29-11-17(27)25-16-7-2-12(20)10-15(16)19(21,22)23/h2-10H,11H2,1H3,(H,25,27). The van der Waals surface area contributed by atoms with Crippen LogP contribution in [0.25, 0.3) is 5.69 Å². The minimum absolute atomic E-state index is 0.0637. The predicted octanol–water partition coefficient (Wildman–Crippen LogP) is 5.28. The molecule has 0 spiro atoms.